The maximum Gasteiger partial charge on any atom is 0.414 e. The topological polar surface area (TPSA) is 59.7 Å². The molecular weight excluding hydrogens is 300 g/mol. The van der Waals surface area contributed by atoms with Crippen molar-refractivity contribution in [2.45, 2.75) is 50.5 Å². The Morgan fingerprint density at radius 3 is 2.73 bits per heavy atom. The van der Waals surface area contributed by atoms with E-state index in [2.05, 4.69) is 36.6 Å². The highest BCUT2D eigenvalue weighted by Gasteiger charge is 2.42. The number of ether oxygens (including phenoxy) is 1. The number of hydrogen-bond donors (Lipinski definition) is 1. The molecule has 0 unspecified atom stereocenters. The molecule has 2 aromatic heterocycles. The molecule has 0 saturated heterocycles. The minimum absolute atomic E-state index is 0.250. The van der Waals surface area contributed by atoms with Gasteiger partial charge in [0.2, 0.25) is 0 Å². The van der Waals surface area contributed by atoms with Crippen LogP contribution in [0.3, 0.4) is 0 Å². The van der Waals surface area contributed by atoms with Crippen molar-refractivity contribution in [2.75, 3.05) is 11.4 Å². The zero-order valence-corrected chi connectivity index (χ0v) is 14.3. The van der Waals surface area contributed by atoms with Gasteiger partial charge in [0.05, 0.1) is 16.3 Å². The van der Waals surface area contributed by atoms with Gasteiger partial charge in [0.1, 0.15) is 11.9 Å². The Kier molecular flexibility index (Phi) is 3.18. The number of hydrogen-bond acceptors (Lipinski definition) is 5. The maximum atomic E-state index is 12.5. The Bertz CT molecular complexity index is 761. The van der Waals surface area contributed by atoms with Crippen molar-refractivity contribution < 1.29 is 9.53 Å². The van der Waals surface area contributed by atoms with Gasteiger partial charge in [-0.3, -0.25) is 4.90 Å². The number of pyridine rings is 1. The molecule has 22 heavy (non-hydrogen) atoms. The number of carbonyl (C=O) groups is 1. The summed E-state index contributed by atoms with van der Waals surface area (Å²) in [5, 5.41) is 4.29. The summed E-state index contributed by atoms with van der Waals surface area (Å²) in [6.07, 6.45) is 1.15. The first-order valence-electron chi connectivity index (χ1n) is 7.17. The van der Waals surface area contributed by atoms with E-state index in [0.29, 0.717) is 17.1 Å². The molecule has 1 aliphatic heterocycles. The molecule has 1 amide bonds. The molecule has 0 saturated carbocycles. The SMILES string of the molecule is CC(C)(C)OC(=O)N1CC(C)(C)c2c1cc(S)c1ncnn21. The summed E-state index contributed by atoms with van der Waals surface area (Å²) >= 11 is 4.47. The number of thiol groups is 1. The molecule has 7 heteroatoms. The first-order valence-corrected chi connectivity index (χ1v) is 7.61. The fraction of sp³-hybridized carbons (Fsp3) is 0.533. The zero-order chi connectivity index (χ0) is 16.3. The molecular formula is C15H20N4O2S. The van der Waals surface area contributed by atoms with Crippen molar-refractivity contribution in [1.29, 1.82) is 0 Å². The molecule has 0 bridgehead atoms. The maximum absolute atomic E-state index is 12.5. The van der Waals surface area contributed by atoms with Crippen molar-refractivity contribution in [3.05, 3.63) is 18.1 Å². The van der Waals surface area contributed by atoms with E-state index >= 15 is 0 Å². The molecule has 0 radical (unpaired) electrons. The molecule has 0 aromatic carbocycles. The third-order valence-electron chi connectivity index (χ3n) is 3.60. The van der Waals surface area contributed by atoms with Gasteiger partial charge in [0.15, 0.2) is 5.65 Å². The first kappa shape index (κ1) is 15.1. The molecule has 1 aliphatic rings. The highest BCUT2D eigenvalue weighted by molar-refractivity contribution is 7.80. The molecule has 0 aliphatic carbocycles. The predicted octanol–water partition coefficient (Wildman–Crippen LogP) is 3.05. The number of rotatable bonds is 0. The Hall–Kier alpha value is -1.76. The third-order valence-corrected chi connectivity index (χ3v) is 3.93. The van der Waals surface area contributed by atoms with Crippen LogP contribution >= 0.6 is 12.6 Å². The number of anilines is 1. The van der Waals surface area contributed by atoms with Crippen molar-refractivity contribution in [3.63, 3.8) is 0 Å². The Labute approximate surface area is 134 Å². The average Bonchev–Trinajstić information content (AvgIpc) is 2.90. The molecule has 0 N–H and O–H groups in total. The highest BCUT2D eigenvalue weighted by atomic mass is 32.1. The lowest BCUT2D eigenvalue weighted by Crippen LogP contribution is -2.38. The summed E-state index contributed by atoms with van der Waals surface area (Å²) in [5.41, 5.74) is 1.64. The summed E-state index contributed by atoms with van der Waals surface area (Å²) in [4.78, 5) is 19.1. The second-order valence-electron chi connectivity index (χ2n) is 7.21. The summed E-state index contributed by atoms with van der Waals surface area (Å²) in [5.74, 6) is 0. The van der Waals surface area contributed by atoms with E-state index in [1.807, 2.05) is 26.8 Å². The second-order valence-corrected chi connectivity index (χ2v) is 7.69. The molecule has 0 atom stereocenters. The monoisotopic (exact) mass is 320 g/mol. The number of aromatic nitrogens is 3. The van der Waals surface area contributed by atoms with E-state index in [1.165, 1.54) is 6.33 Å². The number of carbonyl (C=O) groups excluding carboxylic acids is 1. The third kappa shape index (κ3) is 2.33. The van der Waals surface area contributed by atoms with Crippen LogP contribution in [0.1, 0.15) is 40.3 Å². The van der Waals surface area contributed by atoms with E-state index in [0.717, 1.165) is 11.4 Å². The van der Waals surface area contributed by atoms with E-state index in [-0.39, 0.29) is 11.5 Å². The molecule has 0 spiro atoms. The van der Waals surface area contributed by atoms with Crippen LogP contribution in [0.25, 0.3) is 5.65 Å². The van der Waals surface area contributed by atoms with Crippen LogP contribution in [0, 0.1) is 0 Å². The summed E-state index contributed by atoms with van der Waals surface area (Å²) in [6, 6.07) is 1.86. The van der Waals surface area contributed by atoms with Crippen LogP contribution < -0.4 is 4.90 Å². The zero-order valence-electron chi connectivity index (χ0n) is 13.4. The fourth-order valence-corrected chi connectivity index (χ4v) is 3.10. The smallest absolute Gasteiger partial charge is 0.414 e. The van der Waals surface area contributed by atoms with Crippen LogP contribution in [0.15, 0.2) is 17.3 Å². The Morgan fingerprint density at radius 2 is 2.09 bits per heavy atom. The van der Waals surface area contributed by atoms with Gasteiger partial charge in [-0.1, -0.05) is 13.8 Å². The summed E-state index contributed by atoms with van der Waals surface area (Å²) in [6.45, 7) is 10.3. The van der Waals surface area contributed by atoms with Gasteiger partial charge >= 0.3 is 6.09 Å². The van der Waals surface area contributed by atoms with Gasteiger partial charge in [-0.2, -0.15) is 5.10 Å². The normalized spacial score (nSPS) is 16.9. The molecule has 0 fully saturated rings. The minimum atomic E-state index is -0.537. The number of nitrogens with zero attached hydrogens (tertiary/aromatic N) is 4. The van der Waals surface area contributed by atoms with Gasteiger partial charge in [-0.05, 0) is 26.8 Å². The average molecular weight is 320 g/mol. The van der Waals surface area contributed by atoms with Gasteiger partial charge in [0.25, 0.3) is 0 Å². The van der Waals surface area contributed by atoms with Crippen LogP contribution in [0.4, 0.5) is 10.5 Å². The van der Waals surface area contributed by atoms with E-state index in [9.17, 15) is 4.79 Å². The molecule has 6 nitrogen and oxygen atoms in total. The lowest BCUT2D eigenvalue weighted by Gasteiger charge is -2.25. The van der Waals surface area contributed by atoms with Gasteiger partial charge in [0, 0.05) is 12.0 Å². The van der Waals surface area contributed by atoms with Gasteiger partial charge < -0.3 is 4.74 Å². The van der Waals surface area contributed by atoms with E-state index < -0.39 is 5.60 Å². The summed E-state index contributed by atoms with van der Waals surface area (Å²) < 4.78 is 7.29. The van der Waals surface area contributed by atoms with Crippen LogP contribution in [-0.2, 0) is 10.2 Å². The highest BCUT2D eigenvalue weighted by Crippen LogP contribution is 2.42. The van der Waals surface area contributed by atoms with Crippen molar-refractivity contribution in [3.8, 4) is 0 Å². The Balaban J connectivity index is 2.14. The van der Waals surface area contributed by atoms with Crippen LogP contribution in [0.2, 0.25) is 0 Å². The first-order chi connectivity index (χ1) is 10.1. The predicted molar refractivity (Wildman–Crippen MR) is 86.8 cm³/mol. The van der Waals surface area contributed by atoms with Crippen molar-refractivity contribution in [1.82, 2.24) is 14.6 Å². The van der Waals surface area contributed by atoms with E-state index in [1.54, 1.807) is 9.42 Å². The fourth-order valence-electron chi connectivity index (χ4n) is 2.83. The van der Waals surface area contributed by atoms with Gasteiger partial charge in [-0.25, -0.2) is 14.3 Å². The number of fused-ring (bicyclic) bond motifs is 3. The standard InChI is InChI=1S/C15H20N4O2S/c1-14(2,3)21-13(20)18-7-15(4,5)11-9(18)6-10(22)12-16-8-17-19(11)12/h6,8,22H,7H2,1-5H3. The quantitative estimate of drug-likeness (QED) is 0.758. The second kappa shape index (κ2) is 4.62. The molecule has 2 aromatic rings. The lowest BCUT2D eigenvalue weighted by atomic mass is 9.91. The largest absolute Gasteiger partial charge is 0.443 e. The van der Waals surface area contributed by atoms with E-state index in [4.69, 9.17) is 4.74 Å². The summed E-state index contributed by atoms with van der Waals surface area (Å²) in [7, 11) is 0. The lowest BCUT2D eigenvalue weighted by molar-refractivity contribution is 0.0579. The van der Waals surface area contributed by atoms with Crippen LogP contribution in [-0.4, -0.2) is 32.8 Å². The molecule has 3 heterocycles. The Morgan fingerprint density at radius 1 is 1.41 bits per heavy atom. The van der Waals surface area contributed by atoms with Crippen molar-refractivity contribution >= 4 is 30.1 Å². The van der Waals surface area contributed by atoms with Crippen LogP contribution in [0.5, 0.6) is 0 Å². The molecule has 118 valence electrons. The minimum Gasteiger partial charge on any atom is -0.443 e. The number of amides is 1. The molecule has 3 rings (SSSR count). The van der Waals surface area contributed by atoms with Crippen molar-refractivity contribution in [2.24, 2.45) is 0 Å². The van der Waals surface area contributed by atoms with Gasteiger partial charge in [-0.15, -0.1) is 12.6 Å².